The van der Waals surface area contributed by atoms with Crippen molar-refractivity contribution in [2.24, 2.45) is 7.05 Å². The van der Waals surface area contributed by atoms with Gasteiger partial charge in [-0.05, 0) is 18.9 Å². The molecular weight excluding hydrogens is 503 g/mol. The predicted molar refractivity (Wildman–Crippen MR) is 131 cm³/mol. The topological polar surface area (TPSA) is 112 Å². The van der Waals surface area contributed by atoms with E-state index >= 15 is 0 Å². The van der Waals surface area contributed by atoms with Gasteiger partial charge >= 0.3 is 6.01 Å². The second kappa shape index (κ2) is 10.0. The highest BCUT2D eigenvalue weighted by Crippen LogP contribution is 2.39. The van der Waals surface area contributed by atoms with Crippen LogP contribution in [0.2, 0.25) is 10.0 Å². The van der Waals surface area contributed by atoms with Crippen molar-refractivity contribution in [3.8, 4) is 28.8 Å². The number of aromatic nitrogens is 3. The molecule has 2 aromatic heterocycles. The highest BCUT2D eigenvalue weighted by Gasteiger charge is 2.18. The fraction of sp³-hybridized carbons (Fsp3) is 0.227. The number of halogens is 2. The van der Waals surface area contributed by atoms with Gasteiger partial charge in [-0.3, -0.25) is 9.52 Å². The summed E-state index contributed by atoms with van der Waals surface area (Å²) in [5.41, 5.74) is 0.672. The van der Waals surface area contributed by atoms with Crippen molar-refractivity contribution in [2.75, 3.05) is 17.1 Å². The number of nitrogens with one attached hydrogen (secondary N) is 1. The van der Waals surface area contributed by atoms with E-state index < -0.39 is 10.0 Å². The lowest BCUT2D eigenvalue weighted by Crippen LogP contribution is -2.18. The summed E-state index contributed by atoms with van der Waals surface area (Å²) in [5.74, 6) is 0.331. The van der Waals surface area contributed by atoms with Gasteiger partial charge < -0.3 is 14.0 Å². The maximum atomic E-state index is 12.6. The van der Waals surface area contributed by atoms with Crippen LogP contribution in [-0.4, -0.2) is 35.3 Å². The maximum absolute atomic E-state index is 12.6. The third-order valence-corrected chi connectivity index (χ3v) is 6.67. The number of hydrogen-bond donors (Lipinski definition) is 1. The summed E-state index contributed by atoms with van der Waals surface area (Å²) >= 11 is 12.7. The number of anilines is 1. The van der Waals surface area contributed by atoms with Crippen LogP contribution in [0.3, 0.4) is 0 Å². The van der Waals surface area contributed by atoms with Crippen molar-refractivity contribution in [3.05, 3.63) is 69.1 Å². The van der Waals surface area contributed by atoms with E-state index in [2.05, 4.69) is 14.7 Å². The molecule has 0 amide bonds. The second-order valence-corrected chi connectivity index (χ2v) is 10.1. The molecule has 0 saturated heterocycles. The van der Waals surface area contributed by atoms with E-state index in [1.54, 1.807) is 31.5 Å². The van der Waals surface area contributed by atoms with E-state index in [9.17, 15) is 13.2 Å². The second-order valence-electron chi connectivity index (χ2n) is 7.42. The Morgan fingerprint density at radius 2 is 1.82 bits per heavy atom. The SMILES string of the molecule is Cn1cc(-c2cc3nc(n2)Oc2cc(Cl)cc(c2Cl)OCC/C=C/CCS(=O)(=O)N3)ccc1=O. The van der Waals surface area contributed by atoms with E-state index in [0.29, 0.717) is 41.5 Å². The maximum Gasteiger partial charge on any atom is 0.324 e. The van der Waals surface area contributed by atoms with Crippen LogP contribution in [0.25, 0.3) is 11.3 Å². The van der Waals surface area contributed by atoms with Crippen LogP contribution in [0.1, 0.15) is 12.8 Å². The van der Waals surface area contributed by atoms with Gasteiger partial charge in [0.1, 0.15) is 16.6 Å². The van der Waals surface area contributed by atoms with Crippen LogP contribution in [0.5, 0.6) is 17.5 Å². The summed E-state index contributed by atoms with van der Waals surface area (Å²) in [7, 11) is -2.11. The first kappa shape index (κ1) is 24.1. The van der Waals surface area contributed by atoms with Gasteiger partial charge in [-0.15, -0.1) is 0 Å². The first-order valence-corrected chi connectivity index (χ1v) is 12.6. The molecule has 1 N–H and O–H groups in total. The van der Waals surface area contributed by atoms with Crippen molar-refractivity contribution < 1.29 is 17.9 Å². The van der Waals surface area contributed by atoms with Gasteiger partial charge in [0, 0.05) is 48.1 Å². The molecule has 3 aromatic rings. The smallest absolute Gasteiger partial charge is 0.324 e. The first-order valence-electron chi connectivity index (χ1n) is 10.2. The molecule has 1 aliphatic rings. The van der Waals surface area contributed by atoms with Crippen molar-refractivity contribution >= 4 is 39.0 Å². The summed E-state index contributed by atoms with van der Waals surface area (Å²) in [6, 6.07) is 7.28. The molecule has 0 fully saturated rings. The summed E-state index contributed by atoms with van der Waals surface area (Å²) in [6.07, 6.45) is 6.03. The van der Waals surface area contributed by atoms with E-state index in [0.717, 1.165) is 0 Å². The Morgan fingerprint density at radius 3 is 2.62 bits per heavy atom. The van der Waals surface area contributed by atoms with Gasteiger partial charge in [0.05, 0.1) is 18.1 Å². The number of fused-ring (bicyclic) bond motifs is 4. The van der Waals surface area contributed by atoms with Crippen LogP contribution in [-0.2, 0) is 17.1 Å². The molecule has 4 bridgehead atoms. The number of sulfonamides is 1. The number of benzene rings is 1. The van der Waals surface area contributed by atoms with Crippen molar-refractivity contribution in [1.29, 1.82) is 0 Å². The zero-order valence-electron chi connectivity index (χ0n) is 18.0. The number of nitrogens with zero attached hydrogens (tertiary/aromatic N) is 3. The van der Waals surface area contributed by atoms with Crippen molar-refractivity contribution in [2.45, 2.75) is 12.8 Å². The third-order valence-electron chi connectivity index (χ3n) is 4.78. The lowest BCUT2D eigenvalue weighted by atomic mass is 10.2. The summed E-state index contributed by atoms with van der Waals surface area (Å²) in [4.78, 5) is 20.4. The normalized spacial score (nSPS) is 16.6. The van der Waals surface area contributed by atoms with Gasteiger partial charge in [0.2, 0.25) is 15.6 Å². The molecule has 0 saturated carbocycles. The van der Waals surface area contributed by atoms with E-state index in [-0.39, 0.29) is 33.9 Å². The van der Waals surface area contributed by atoms with Gasteiger partial charge in [0.25, 0.3) is 0 Å². The molecule has 0 atom stereocenters. The quantitative estimate of drug-likeness (QED) is 0.470. The number of allylic oxidation sites excluding steroid dienone is 1. The Morgan fingerprint density at radius 1 is 1.06 bits per heavy atom. The summed E-state index contributed by atoms with van der Waals surface area (Å²) in [6.45, 7) is 0.309. The van der Waals surface area contributed by atoms with Crippen LogP contribution in [0.15, 0.2) is 53.5 Å². The Balaban J connectivity index is 1.84. The van der Waals surface area contributed by atoms with Crippen LogP contribution in [0, 0.1) is 0 Å². The number of aryl methyl sites for hydroxylation is 1. The molecule has 0 radical (unpaired) electrons. The Hall–Kier alpha value is -3.08. The number of hydrogen-bond acceptors (Lipinski definition) is 7. The summed E-state index contributed by atoms with van der Waals surface area (Å²) in [5, 5.41) is 0.486. The molecule has 1 aliphatic heterocycles. The highest BCUT2D eigenvalue weighted by molar-refractivity contribution is 7.92. The predicted octanol–water partition coefficient (Wildman–Crippen LogP) is 4.41. The average molecular weight is 523 g/mol. The Bertz CT molecular complexity index is 1420. The van der Waals surface area contributed by atoms with E-state index in [1.807, 2.05) is 6.08 Å². The van der Waals surface area contributed by atoms with Crippen LogP contribution < -0.4 is 19.8 Å². The van der Waals surface area contributed by atoms with Gasteiger partial charge in [-0.1, -0.05) is 35.4 Å². The van der Waals surface area contributed by atoms with E-state index in [4.69, 9.17) is 32.7 Å². The average Bonchev–Trinajstić information content (AvgIpc) is 2.76. The van der Waals surface area contributed by atoms with Gasteiger partial charge in [-0.2, -0.15) is 9.97 Å². The molecule has 0 unspecified atom stereocenters. The first-order chi connectivity index (χ1) is 16.2. The Labute approximate surface area is 206 Å². The lowest BCUT2D eigenvalue weighted by Gasteiger charge is -2.14. The van der Waals surface area contributed by atoms with Gasteiger partial charge in [-0.25, -0.2) is 8.42 Å². The fourth-order valence-corrected chi connectivity index (χ4v) is 4.51. The fourth-order valence-electron chi connectivity index (χ4n) is 3.14. The number of ether oxygens (including phenoxy) is 2. The zero-order valence-corrected chi connectivity index (χ0v) is 20.3. The molecule has 178 valence electrons. The molecule has 34 heavy (non-hydrogen) atoms. The standard InChI is InChI=1S/C22H20Cl2N4O5S/c1-28-13-14(6-7-20(28)29)16-12-19-26-22(25-16)33-18-11-15(23)10-17(21(18)24)32-8-4-2-3-5-9-34(30,31)27-19/h2-3,6-7,10-13H,4-5,8-9H2,1H3,(H,25,26,27)/b3-2+. The van der Waals surface area contributed by atoms with E-state index in [1.165, 1.54) is 22.8 Å². The minimum absolute atomic E-state index is 0.000416. The third kappa shape index (κ3) is 5.88. The van der Waals surface area contributed by atoms with Crippen LogP contribution in [0.4, 0.5) is 5.82 Å². The zero-order chi connectivity index (χ0) is 24.3. The molecule has 0 spiro atoms. The highest BCUT2D eigenvalue weighted by atomic mass is 35.5. The number of pyridine rings is 1. The van der Waals surface area contributed by atoms with Crippen molar-refractivity contribution in [3.63, 3.8) is 0 Å². The minimum Gasteiger partial charge on any atom is -0.492 e. The molecule has 1 aromatic carbocycles. The number of rotatable bonds is 1. The van der Waals surface area contributed by atoms with Gasteiger partial charge in [0.15, 0.2) is 5.75 Å². The molecular formula is C22H20Cl2N4O5S. The molecule has 4 rings (SSSR count). The molecule has 9 nitrogen and oxygen atoms in total. The molecule has 3 heterocycles. The van der Waals surface area contributed by atoms with Crippen molar-refractivity contribution in [1.82, 2.24) is 14.5 Å². The lowest BCUT2D eigenvalue weighted by molar-refractivity contribution is 0.323. The Kier molecular flexibility index (Phi) is 7.11. The minimum atomic E-state index is -3.71. The summed E-state index contributed by atoms with van der Waals surface area (Å²) < 4.78 is 40.6. The largest absolute Gasteiger partial charge is 0.492 e. The van der Waals surface area contributed by atoms with Crippen LogP contribution >= 0.6 is 23.2 Å². The monoisotopic (exact) mass is 522 g/mol. The molecule has 12 heteroatoms. The molecule has 0 aliphatic carbocycles.